The third-order valence-corrected chi connectivity index (χ3v) is 11.5. The van der Waals surface area contributed by atoms with Crippen LogP contribution in [-0.4, -0.2) is 0 Å². The molecule has 0 aromatic heterocycles. The zero-order valence-corrected chi connectivity index (χ0v) is 30.1. The average Bonchev–Trinajstić information content (AvgIpc) is 3.55. The van der Waals surface area contributed by atoms with E-state index in [9.17, 15) is 0 Å². The van der Waals surface area contributed by atoms with Gasteiger partial charge in [-0.25, -0.2) is 0 Å². The van der Waals surface area contributed by atoms with Crippen LogP contribution < -0.4 is 9.64 Å². The number of hydrogen-bond donors (Lipinski definition) is 0. The second-order valence-corrected chi connectivity index (χ2v) is 14.5. The second kappa shape index (κ2) is 12.5. The minimum absolute atomic E-state index is 0.553. The topological polar surface area (TPSA) is 12.5 Å². The minimum atomic E-state index is -0.553. The van der Waals surface area contributed by atoms with Crippen LogP contribution in [0.25, 0.3) is 44.2 Å². The van der Waals surface area contributed by atoms with E-state index >= 15 is 0 Å². The first-order valence-electron chi connectivity index (χ1n) is 18.9. The van der Waals surface area contributed by atoms with Gasteiger partial charge in [0.15, 0.2) is 0 Å². The van der Waals surface area contributed by atoms with E-state index in [1.54, 1.807) is 0 Å². The molecule has 1 aliphatic carbocycles. The van der Waals surface area contributed by atoms with E-state index in [-0.39, 0.29) is 0 Å². The highest BCUT2D eigenvalue weighted by Gasteiger charge is 2.51. The van der Waals surface area contributed by atoms with Crippen LogP contribution in [-0.2, 0) is 5.41 Å². The van der Waals surface area contributed by atoms with Crippen LogP contribution in [0.1, 0.15) is 22.3 Å². The van der Waals surface area contributed by atoms with E-state index in [0.717, 1.165) is 50.6 Å². The summed E-state index contributed by atoms with van der Waals surface area (Å²) in [6.45, 7) is 0. The summed E-state index contributed by atoms with van der Waals surface area (Å²) in [6, 6.07) is 76.7. The van der Waals surface area contributed by atoms with Gasteiger partial charge in [0.1, 0.15) is 11.5 Å². The van der Waals surface area contributed by atoms with E-state index in [0.29, 0.717) is 0 Å². The Kier molecular flexibility index (Phi) is 7.11. The second-order valence-electron chi connectivity index (χ2n) is 14.5. The van der Waals surface area contributed by atoms with Gasteiger partial charge in [0, 0.05) is 34.1 Å². The SMILES string of the molecule is c1ccc(-c2ccc(N(c3ccc4c(c3)Oc3cc5ccccc5cc3C43c4ccccc4-c4ccccc43)c3ccccc3-c3ccccc3)cc2)cc1. The summed E-state index contributed by atoms with van der Waals surface area (Å²) >= 11 is 0. The van der Waals surface area contributed by atoms with Gasteiger partial charge >= 0.3 is 0 Å². The number of benzene rings is 9. The smallest absolute Gasteiger partial charge is 0.134 e. The predicted octanol–water partition coefficient (Wildman–Crippen LogP) is 14.1. The summed E-state index contributed by atoms with van der Waals surface area (Å²) < 4.78 is 7.13. The fourth-order valence-corrected chi connectivity index (χ4v) is 9.11. The van der Waals surface area contributed by atoms with Gasteiger partial charge in [-0.2, -0.15) is 0 Å². The molecule has 0 amide bonds. The average molecular weight is 702 g/mol. The summed E-state index contributed by atoms with van der Waals surface area (Å²) in [7, 11) is 0. The largest absolute Gasteiger partial charge is 0.457 e. The zero-order valence-electron chi connectivity index (χ0n) is 30.1. The highest BCUT2D eigenvalue weighted by molar-refractivity contribution is 5.94. The van der Waals surface area contributed by atoms with Crippen LogP contribution in [0.15, 0.2) is 212 Å². The van der Waals surface area contributed by atoms with Crippen LogP contribution in [0.2, 0.25) is 0 Å². The minimum Gasteiger partial charge on any atom is -0.457 e. The molecule has 11 rings (SSSR count). The zero-order chi connectivity index (χ0) is 36.3. The van der Waals surface area contributed by atoms with E-state index < -0.39 is 5.41 Å². The highest BCUT2D eigenvalue weighted by Crippen LogP contribution is 2.63. The Morgan fingerprint density at radius 1 is 0.327 bits per heavy atom. The number of rotatable bonds is 5. The molecule has 258 valence electrons. The fourth-order valence-electron chi connectivity index (χ4n) is 9.11. The van der Waals surface area contributed by atoms with Gasteiger partial charge in [0.05, 0.1) is 11.1 Å². The molecule has 9 aromatic carbocycles. The number of fused-ring (bicyclic) bond motifs is 10. The van der Waals surface area contributed by atoms with Crippen molar-refractivity contribution in [2.75, 3.05) is 4.90 Å². The third-order valence-electron chi connectivity index (χ3n) is 11.5. The lowest BCUT2D eigenvalue weighted by Gasteiger charge is -2.40. The number of ether oxygens (including phenoxy) is 1. The number of hydrogen-bond acceptors (Lipinski definition) is 2. The van der Waals surface area contributed by atoms with Crippen molar-refractivity contribution in [3.8, 4) is 44.9 Å². The van der Waals surface area contributed by atoms with E-state index in [1.165, 1.54) is 44.3 Å². The lowest BCUT2D eigenvalue weighted by molar-refractivity contribution is 0.437. The first-order chi connectivity index (χ1) is 27.3. The first-order valence-corrected chi connectivity index (χ1v) is 18.9. The Labute approximate surface area is 321 Å². The molecular formula is C53H35NO. The van der Waals surface area contributed by atoms with Gasteiger partial charge in [-0.15, -0.1) is 0 Å². The summed E-state index contributed by atoms with van der Waals surface area (Å²) in [5.41, 5.74) is 14.7. The van der Waals surface area contributed by atoms with Crippen LogP contribution in [0.3, 0.4) is 0 Å². The summed E-state index contributed by atoms with van der Waals surface area (Å²) in [5, 5.41) is 2.36. The number of anilines is 3. The Morgan fingerprint density at radius 2 is 0.836 bits per heavy atom. The molecule has 1 heterocycles. The first kappa shape index (κ1) is 31.4. The van der Waals surface area contributed by atoms with Gasteiger partial charge in [-0.1, -0.05) is 170 Å². The van der Waals surface area contributed by atoms with E-state index in [1.807, 2.05) is 0 Å². The maximum atomic E-state index is 7.13. The summed E-state index contributed by atoms with van der Waals surface area (Å²) in [5.74, 6) is 1.74. The molecular weight excluding hydrogens is 667 g/mol. The quantitative estimate of drug-likeness (QED) is 0.177. The molecule has 0 bridgehead atoms. The molecule has 2 heteroatoms. The van der Waals surface area contributed by atoms with Crippen molar-refractivity contribution >= 4 is 27.8 Å². The fraction of sp³-hybridized carbons (Fsp3) is 0.0189. The Morgan fingerprint density at radius 3 is 1.53 bits per heavy atom. The van der Waals surface area contributed by atoms with Gasteiger partial charge in [-0.05, 0) is 86.1 Å². The van der Waals surface area contributed by atoms with E-state index in [2.05, 4.69) is 217 Å². The van der Waals surface area contributed by atoms with Crippen molar-refractivity contribution in [3.05, 3.63) is 235 Å². The maximum absolute atomic E-state index is 7.13. The molecule has 0 unspecified atom stereocenters. The number of nitrogens with zero attached hydrogens (tertiary/aromatic N) is 1. The van der Waals surface area contributed by atoms with Gasteiger partial charge in [-0.3, -0.25) is 0 Å². The van der Waals surface area contributed by atoms with Crippen molar-refractivity contribution in [1.82, 2.24) is 0 Å². The standard InChI is InChI=1S/C53H35NO/c1-3-15-36(16-4-1)37-27-29-41(30-28-37)54(50-26-14-11-21-43(50)38-17-5-2-6-18-38)42-31-32-48-52(35-42)55-51-34-40-20-8-7-19-39(40)33-49(51)53(48)46-24-12-9-22-44(46)45-23-10-13-25-47(45)53/h1-35H. The number of para-hydroxylation sites is 1. The van der Waals surface area contributed by atoms with Crippen molar-refractivity contribution in [2.24, 2.45) is 0 Å². The lowest BCUT2D eigenvalue weighted by atomic mass is 9.66. The van der Waals surface area contributed by atoms with Crippen molar-refractivity contribution in [3.63, 3.8) is 0 Å². The van der Waals surface area contributed by atoms with Crippen molar-refractivity contribution in [1.29, 1.82) is 0 Å². The molecule has 55 heavy (non-hydrogen) atoms. The Hall–Kier alpha value is -7.16. The van der Waals surface area contributed by atoms with Crippen molar-refractivity contribution in [2.45, 2.75) is 5.41 Å². The molecule has 1 aliphatic heterocycles. The molecule has 1 spiro atoms. The normalized spacial score (nSPS) is 13.0. The molecule has 2 nitrogen and oxygen atoms in total. The molecule has 0 fully saturated rings. The predicted molar refractivity (Wildman–Crippen MR) is 227 cm³/mol. The molecule has 0 N–H and O–H groups in total. The monoisotopic (exact) mass is 701 g/mol. The summed E-state index contributed by atoms with van der Waals surface area (Å²) in [4.78, 5) is 2.37. The lowest BCUT2D eigenvalue weighted by Crippen LogP contribution is -2.32. The van der Waals surface area contributed by atoms with Crippen molar-refractivity contribution < 1.29 is 4.74 Å². The Bertz CT molecular complexity index is 2850. The third kappa shape index (κ3) is 4.82. The molecule has 0 radical (unpaired) electrons. The molecule has 0 saturated carbocycles. The van der Waals surface area contributed by atoms with E-state index in [4.69, 9.17) is 4.74 Å². The van der Waals surface area contributed by atoms with Crippen LogP contribution >= 0.6 is 0 Å². The molecule has 9 aromatic rings. The summed E-state index contributed by atoms with van der Waals surface area (Å²) in [6.07, 6.45) is 0. The van der Waals surface area contributed by atoms with Crippen LogP contribution in [0.5, 0.6) is 11.5 Å². The molecule has 0 saturated heterocycles. The molecule has 2 aliphatic rings. The van der Waals surface area contributed by atoms with Crippen LogP contribution in [0.4, 0.5) is 17.1 Å². The van der Waals surface area contributed by atoms with Gasteiger partial charge in [0.25, 0.3) is 0 Å². The highest BCUT2D eigenvalue weighted by atomic mass is 16.5. The maximum Gasteiger partial charge on any atom is 0.134 e. The Balaban J connectivity index is 1.16. The van der Waals surface area contributed by atoms with Gasteiger partial charge in [0.2, 0.25) is 0 Å². The van der Waals surface area contributed by atoms with Crippen LogP contribution in [0, 0.1) is 0 Å². The molecule has 0 atom stereocenters. The van der Waals surface area contributed by atoms with Gasteiger partial charge < -0.3 is 9.64 Å².